The van der Waals surface area contributed by atoms with E-state index in [4.69, 9.17) is 11.6 Å². The topological polar surface area (TPSA) is 28.7 Å². The molecule has 1 atom stereocenters. The normalized spacial score (nSPS) is 12.7. The zero-order chi connectivity index (χ0) is 11.5. The Labute approximate surface area is 101 Å². The highest BCUT2D eigenvalue weighted by Crippen LogP contribution is 2.23. The molecule has 0 saturated heterocycles. The standard InChI is InChI=1S/C13H15ClN2/c1-3-9(2)10-4-6-11(7-5-10)12-8-15-13(14)16-12/h4-9H,3H2,1-2H3,(H,15,16). The number of hydrogen-bond acceptors (Lipinski definition) is 1. The predicted molar refractivity (Wildman–Crippen MR) is 67.7 cm³/mol. The molecule has 0 fully saturated rings. The fraction of sp³-hybridized carbons (Fsp3) is 0.308. The molecule has 1 heterocycles. The average molecular weight is 235 g/mol. The lowest BCUT2D eigenvalue weighted by Gasteiger charge is -2.08. The van der Waals surface area contributed by atoms with Gasteiger partial charge in [0.2, 0.25) is 0 Å². The molecule has 0 bridgehead atoms. The van der Waals surface area contributed by atoms with E-state index in [-0.39, 0.29) is 0 Å². The van der Waals surface area contributed by atoms with Crippen molar-refractivity contribution in [2.75, 3.05) is 0 Å². The van der Waals surface area contributed by atoms with Gasteiger partial charge in [-0.3, -0.25) is 0 Å². The monoisotopic (exact) mass is 234 g/mol. The van der Waals surface area contributed by atoms with Crippen molar-refractivity contribution in [3.8, 4) is 11.3 Å². The van der Waals surface area contributed by atoms with Gasteiger partial charge in [-0.2, -0.15) is 0 Å². The highest BCUT2D eigenvalue weighted by atomic mass is 35.5. The second kappa shape index (κ2) is 4.71. The molecule has 0 aliphatic heterocycles. The summed E-state index contributed by atoms with van der Waals surface area (Å²) in [7, 11) is 0. The molecular formula is C13H15ClN2. The lowest BCUT2D eigenvalue weighted by atomic mass is 9.97. The molecule has 0 spiro atoms. The van der Waals surface area contributed by atoms with Crippen LogP contribution >= 0.6 is 11.6 Å². The summed E-state index contributed by atoms with van der Waals surface area (Å²) < 4.78 is 0. The molecule has 3 heteroatoms. The molecule has 84 valence electrons. The number of H-pyrrole nitrogens is 1. The third kappa shape index (κ3) is 2.27. The zero-order valence-corrected chi connectivity index (χ0v) is 10.3. The summed E-state index contributed by atoms with van der Waals surface area (Å²) >= 11 is 5.75. The summed E-state index contributed by atoms with van der Waals surface area (Å²) in [6.07, 6.45) is 2.91. The Kier molecular flexibility index (Phi) is 3.30. The average Bonchev–Trinajstić information content (AvgIpc) is 2.75. The van der Waals surface area contributed by atoms with E-state index in [1.54, 1.807) is 6.20 Å². The molecule has 16 heavy (non-hydrogen) atoms. The summed E-state index contributed by atoms with van der Waals surface area (Å²) in [4.78, 5) is 6.99. The van der Waals surface area contributed by atoms with E-state index in [9.17, 15) is 0 Å². The third-order valence-corrected chi connectivity index (χ3v) is 3.14. The third-order valence-electron chi connectivity index (χ3n) is 2.95. The summed E-state index contributed by atoms with van der Waals surface area (Å²) in [5.41, 5.74) is 3.45. The van der Waals surface area contributed by atoms with E-state index in [2.05, 4.69) is 48.1 Å². The van der Waals surface area contributed by atoms with Crippen LogP contribution in [0.1, 0.15) is 31.7 Å². The number of halogens is 1. The summed E-state index contributed by atoms with van der Waals surface area (Å²) in [5.74, 6) is 0.611. The van der Waals surface area contributed by atoms with Gasteiger partial charge in [0.25, 0.3) is 0 Å². The lowest BCUT2D eigenvalue weighted by Crippen LogP contribution is -1.90. The maximum Gasteiger partial charge on any atom is 0.200 e. The quantitative estimate of drug-likeness (QED) is 0.845. The first kappa shape index (κ1) is 11.2. The van der Waals surface area contributed by atoms with Crippen LogP contribution in [-0.2, 0) is 0 Å². The molecule has 1 aromatic heterocycles. The van der Waals surface area contributed by atoms with Crippen molar-refractivity contribution in [3.63, 3.8) is 0 Å². The van der Waals surface area contributed by atoms with Gasteiger partial charge in [-0.05, 0) is 35.1 Å². The van der Waals surface area contributed by atoms with Crippen LogP contribution in [0.2, 0.25) is 5.28 Å². The zero-order valence-electron chi connectivity index (χ0n) is 9.50. The molecule has 1 unspecified atom stereocenters. The minimum Gasteiger partial charge on any atom is -0.329 e. The van der Waals surface area contributed by atoms with Crippen molar-refractivity contribution in [2.45, 2.75) is 26.2 Å². The Morgan fingerprint density at radius 2 is 2.00 bits per heavy atom. The van der Waals surface area contributed by atoms with Gasteiger partial charge in [0.15, 0.2) is 5.28 Å². The molecule has 2 rings (SSSR count). The van der Waals surface area contributed by atoms with Crippen molar-refractivity contribution in [2.24, 2.45) is 0 Å². The minimum atomic E-state index is 0.431. The van der Waals surface area contributed by atoms with Gasteiger partial charge in [-0.15, -0.1) is 0 Å². The lowest BCUT2D eigenvalue weighted by molar-refractivity contribution is 0.734. The van der Waals surface area contributed by atoms with Crippen molar-refractivity contribution in [1.29, 1.82) is 0 Å². The number of aromatic nitrogens is 2. The van der Waals surface area contributed by atoms with E-state index in [0.717, 1.165) is 17.7 Å². The van der Waals surface area contributed by atoms with E-state index >= 15 is 0 Å². The minimum absolute atomic E-state index is 0.431. The Bertz CT molecular complexity index is 459. The van der Waals surface area contributed by atoms with Crippen molar-refractivity contribution >= 4 is 11.6 Å². The van der Waals surface area contributed by atoms with Crippen LogP contribution in [0, 0.1) is 0 Å². The number of hydrogen-bond donors (Lipinski definition) is 1. The molecule has 0 radical (unpaired) electrons. The SMILES string of the molecule is CCC(C)c1ccc(-c2cnc(Cl)[nH]2)cc1. The van der Waals surface area contributed by atoms with Crippen LogP contribution in [0.15, 0.2) is 30.5 Å². The van der Waals surface area contributed by atoms with E-state index in [0.29, 0.717) is 11.2 Å². The van der Waals surface area contributed by atoms with Crippen molar-refractivity contribution in [1.82, 2.24) is 9.97 Å². The van der Waals surface area contributed by atoms with Gasteiger partial charge in [-0.1, -0.05) is 38.1 Å². The molecule has 0 amide bonds. The van der Waals surface area contributed by atoms with Gasteiger partial charge >= 0.3 is 0 Å². The fourth-order valence-corrected chi connectivity index (χ4v) is 1.82. The van der Waals surface area contributed by atoms with Gasteiger partial charge < -0.3 is 4.98 Å². The van der Waals surface area contributed by atoms with Crippen molar-refractivity contribution < 1.29 is 0 Å². The highest BCUT2D eigenvalue weighted by molar-refractivity contribution is 6.28. The smallest absolute Gasteiger partial charge is 0.200 e. The van der Waals surface area contributed by atoms with Gasteiger partial charge in [-0.25, -0.2) is 4.98 Å². The molecule has 1 aromatic carbocycles. The first-order valence-corrected chi connectivity index (χ1v) is 5.89. The summed E-state index contributed by atoms with van der Waals surface area (Å²) in [6.45, 7) is 4.44. The number of aromatic amines is 1. The molecule has 2 nitrogen and oxygen atoms in total. The predicted octanol–water partition coefficient (Wildman–Crippen LogP) is 4.24. The number of benzene rings is 1. The van der Waals surface area contributed by atoms with Crippen molar-refractivity contribution in [3.05, 3.63) is 41.3 Å². The van der Waals surface area contributed by atoms with Gasteiger partial charge in [0.1, 0.15) is 0 Å². The molecule has 2 aromatic rings. The molecule has 0 saturated carbocycles. The first-order chi connectivity index (χ1) is 7.70. The Hall–Kier alpha value is -1.28. The van der Waals surface area contributed by atoms with Crippen LogP contribution in [-0.4, -0.2) is 9.97 Å². The molecule has 0 aliphatic rings. The summed E-state index contributed by atoms with van der Waals surface area (Å²) in [5, 5.41) is 0.431. The van der Waals surface area contributed by atoms with E-state index in [1.807, 2.05) is 0 Å². The number of nitrogens with zero attached hydrogens (tertiary/aromatic N) is 1. The van der Waals surface area contributed by atoms with Crippen LogP contribution < -0.4 is 0 Å². The van der Waals surface area contributed by atoms with E-state index < -0.39 is 0 Å². The second-order valence-electron chi connectivity index (χ2n) is 4.02. The van der Waals surface area contributed by atoms with Gasteiger partial charge in [0, 0.05) is 0 Å². The maximum atomic E-state index is 5.75. The largest absolute Gasteiger partial charge is 0.329 e. The fourth-order valence-electron chi connectivity index (χ4n) is 1.67. The Morgan fingerprint density at radius 1 is 1.31 bits per heavy atom. The Balaban J connectivity index is 2.25. The number of imidazole rings is 1. The summed E-state index contributed by atoms with van der Waals surface area (Å²) in [6, 6.07) is 8.53. The van der Waals surface area contributed by atoms with Gasteiger partial charge in [0.05, 0.1) is 11.9 Å². The first-order valence-electron chi connectivity index (χ1n) is 5.51. The van der Waals surface area contributed by atoms with Crippen LogP contribution in [0.5, 0.6) is 0 Å². The highest BCUT2D eigenvalue weighted by Gasteiger charge is 2.04. The maximum absolute atomic E-state index is 5.75. The van der Waals surface area contributed by atoms with Crippen LogP contribution in [0.25, 0.3) is 11.3 Å². The van der Waals surface area contributed by atoms with E-state index in [1.165, 1.54) is 5.56 Å². The Morgan fingerprint density at radius 3 is 2.50 bits per heavy atom. The molecule has 0 aliphatic carbocycles. The number of nitrogens with one attached hydrogen (secondary N) is 1. The number of rotatable bonds is 3. The molecular weight excluding hydrogens is 220 g/mol. The van der Waals surface area contributed by atoms with Crippen LogP contribution in [0.3, 0.4) is 0 Å². The molecule has 1 N–H and O–H groups in total. The van der Waals surface area contributed by atoms with Crippen LogP contribution in [0.4, 0.5) is 0 Å². The second-order valence-corrected chi connectivity index (χ2v) is 4.38.